The summed E-state index contributed by atoms with van der Waals surface area (Å²) >= 11 is 1.15. The zero-order valence-electron chi connectivity index (χ0n) is 15.5. The summed E-state index contributed by atoms with van der Waals surface area (Å²) in [6.07, 6.45) is 1.53. The SMILES string of the molecule is COc1ccc(OC)c(C(=O)CSc2n[nH]c(=O)c3cc(-c4ccco4)nn23)c1. The number of nitrogens with zero attached hydrogens (tertiary/aromatic N) is 3. The van der Waals surface area contributed by atoms with Gasteiger partial charge < -0.3 is 13.9 Å². The number of H-pyrrole nitrogens is 1. The standard InChI is InChI=1S/C19H16N4O5S/c1-26-11-5-6-16(27-2)12(8-11)15(24)10-29-19-21-20-18(25)14-9-13(22-23(14)19)17-4-3-7-28-17/h3-9H,10H2,1-2H3,(H,20,25). The largest absolute Gasteiger partial charge is 0.497 e. The predicted octanol–water partition coefficient (Wildman–Crippen LogP) is 2.67. The number of thioether (sulfide) groups is 1. The van der Waals surface area contributed by atoms with Crippen LogP contribution in [0.1, 0.15) is 10.4 Å². The Labute approximate surface area is 168 Å². The van der Waals surface area contributed by atoms with Gasteiger partial charge in [0.1, 0.15) is 22.7 Å². The number of nitrogens with one attached hydrogen (secondary N) is 1. The Bertz CT molecular complexity index is 1230. The van der Waals surface area contributed by atoms with Gasteiger partial charge in [-0.3, -0.25) is 9.59 Å². The van der Waals surface area contributed by atoms with E-state index in [0.29, 0.717) is 39.2 Å². The molecule has 4 rings (SSSR count). The molecule has 4 aromatic rings. The molecule has 0 unspecified atom stereocenters. The van der Waals surface area contributed by atoms with Gasteiger partial charge in [-0.1, -0.05) is 11.8 Å². The first-order chi connectivity index (χ1) is 14.1. The fourth-order valence-corrected chi connectivity index (χ4v) is 3.56. The summed E-state index contributed by atoms with van der Waals surface area (Å²) in [5.41, 5.74) is 0.814. The van der Waals surface area contributed by atoms with Gasteiger partial charge >= 0.3 is 0 Å². The lowest BCUT2D eigenvalue weighted by Gasteiger charge is -2.09. The number of carbonyl (C=O) groups excluding carboxylic acids is 1. The third-order valence-electron chi connectivity index (χ3n) is 4.19. The van der Waals surface area contributed by atoms with Crippen molar-refractivity contribution in [2.24, 2.45) is 0 Å². The molecule has 0 saturated heterocycles. The Morgan fingerprint density at radius 1 is 1.24 bits per heavy atom. The molecule has 0 atom stereocenters. The number of furan rings is 1. The molecule has 0 fully saturated rings. The van der Waals surface area contributed by atoms with Crippen molar-refractivity contribution in [3.8, 4) is 23.0 Å². The van der Waals surface area contributed by atoms with Crippen LogP contribution in [0.2, 0.25) is 0 Å². The van der Waals surface area contributed by atoms with Gasteiger partial charge in [0.2, 0.25) is 5.16 Å². The molecular weight excluding hydrogens is 396 g/mol. The van der Waals surface area contributed by atoms with E-state index in [-0.39, 0.29) is 17.1 Å². The zero-order valence-corrected chi connectivity index (χ0v) is 16.4. The van der Waals surface area contributed by atoms with Gasteiger partial charge in [0.15, 0.2) is 11.5 Å². The second kappa shape index (κ2) is 7.84. The molecule has 0 amide bonds. The molecule has 0 saturated carbocycles. The lowest BCUT2D eigenvalue weighted by molar-refractivity contribution is 0.101. The Morgan fingerprint density at radius 2 is 2.10 bits per heavy atom. The first-order valence-corrected chi connectivity index (χ1v) is 9.49. The fraction of sp³-hybridized carbons (Fsp3) is 0.158. The number of rotatable bonds is 7. The fourth-order valence-electron chi connectivity index (χ4n) is 2.77. The van der Waals surface area contributed by atoms with Crippen molar-refractivity contribution in [3.05, 3.63) is 58.6 Å². The number of benzene rings is 1. The Kier molecular flexibility index (Phi) is 5.09. The first kappa shape index (κ1) is 18.8. The summed E-state index contributed by atoms with van der Waals surface area (Å²) in [6, 6.07) is 10.1. The van der Waals surface area contributed by atoms with Gasteiger partial charge in [-0.15, -0.1) is 5.10 Å². The Balaban J connectivity index is 1.63. The quantitative estimate of drug-likeness (QED) is 0.364. The van der Waals surface area contributed by atoms with E-state index in [9.17, 15) is 9.59 Å². The van der Waals surface area contributed by atoms with E-state index in [1.54, 1.807) is 36.4 Å². The van der Waals surface area contributed by atoms with E-state index in [1.165, 1.54) is 25.0 Å². The van der Waals surface area contributed by atoms with Crippen LogP contribution in [-0.2, 0) is 0 Å². The summed E-state index contributed by atoms with van der Waals surface area (Å²) in [7, 11) is 3.03. The van der Waals surface area contributed by atoms with Gasteiger partial charge in [0, 0.05) is 6.07 Å². The summed E-state index contributed by atoms with van der Waals surface area (Å²) in [5, 5.41) is 11.2. The van der Waals surface area contributed by atoms with E-state index in [4.69, 9.17) is 13.9 Å². The van der Waals surface area contributed by atoms with Crippen LogP contribution in [0.25, 0.3) is 17.0 Å². The highest BCUT2D eigenvalue weighted by Gasteiger charge is 2.18. The van der Waals surface area contributed by atoms with Gasteiger partial charge in [-0.05, 0) is 30.3 Å². The van der Waals surface area contributed by atoms with Crippen molar-refractivity contribution in [2.45, 2.75) is 5.16 Å². The number of methoxy groups -OCH3 is 2. The van der Waals surface area contributed by atoms with Crippen molar-refractivity contribution >= 4 is 23.1 Å². The third kappa shape index (κ3) is 3.61. The second-order valence-corrected chi connectivity index (χ2v) is 6.86. The minimum Gasteiger partial charge on any atom is -0.497 e. The lowest BCUT2D eigenvalue weighted by Crippen LogP contribution is -2.15. The topological polar surface area (TPSA) is 112 Å². The number of Topliss-reactive ketones (excluding diaryl/α,β-unsaturated/α-hetero) is 1. The van der Waals surface area contributed by atoms with Crippen molar-refractivity contribution in [2.75, 3.05) is 20.0 Å². The number of carbonyl (C=O) groups is 1. The maximum atomic E-state index is 12.8. The monoisotopic (exact) mass is 412 g/mol. The van der Waals surface area contributed by atoms with Crippen LogP contribution < -0.4 is 15.0 Å². The molecule has 29 heavy (non-hydrogen) atoms. The number of ketones is 1. The van der Waals surface area contributed by atoms with Gasteiger partial charge in [0.25, 0.3) is 5.56 Å². The minimum absolute atomic E-state index is 0.0631. The second-order valence-electron chi connectivity index (χ2n) is 5.92. The summed E-state index contributed by atoms with van der Waals surface area (Å²) in [4.78, 5) is 24.9. The average Bonchev–Trinajstić information content (AvgIpc) is 3.43. The summed E-state index contributed by atoms with van der Waals surface area (Å²) < 4.78 is 17.2. The molecule has 0 aliphatic rings. The molecule has 3 aromatic heterocycles. The van der Waals surface area contributed by atoms with Crippen LogP contribution in [-0.4, -0.2) is 45.6 Å². The van der Waals surface area contributed by atoms with Crippen LogP contribution in [0.15, 0.2) is 57.0 Å². The molecule has 0 radical (unpaired) electrons. The predicted molar refractivity (Wildman–Crippen MR) is 106 cm³/mol. The van der Waals surface area contributed by atoms with Crippen LogP contribution in [0.5, 0.6) is 11.5 Å². The molecular formula is C19H16N4O5S. The Morgan fingerprint density at radius 3 is 2.83 bits per heavy atom. The molecule has 9 nitrogen and oxygen atoms in total. The minimum atomic E-state index is -0.388. The molecule has 0 aliphatic carbocycles. The summed E-state index contributed by atoms with van der Waals surface area (Å²) in [5.74, 6) is 1.42. The lowest BCUT2D eigenvalue weighted by atomic mass is 10.1. The molecule has 3 heterocycles. The molecule has 0 bridgehead atoms. The van der Waals surface area contributed by atoms with Crippen LogP contribution >= 0.6 is 11.8 Å². The highest BCUT2D eigenvalue weighted by molar-refractivity contribution is 7.99. The zero-order chi connectivity index (χ0) is 20.4. The van der Waals surface area contributed by atoms with Gasteiger partial charge in [-0.25, -0.2) is 9.61 Å². The van der Waals surface area contributed by atoms with Crippen molar-refractivity contribution < 1.29 is 18.7 Å². The number of hydrogen-bond acceptors (Lipinski definition) is 8. The van der Waals surface area contributed by atoms with Crippen LogP contribution in [0.4, 0.5) is 0 Å². The Hall–Kier alpha value is -3.53. The van der Waals surface area contributed by atoms with Crippen molar-refractivity contribution in [3.63, 3.8) is 0 Å². The molecule has 10 heteroatoms. The number of fused-ring (bicyclic) bond motifs is 1. The molecule has 148 valence electrons. The number of ether oxygens (including phenoxy) is 2. The number of aromatic amines is 1. The average molecular weight is 412 g/mol. The van der Waals surface area contributed by atoms with Crippen molar-refractivity contribution in [1.82, 2.24) is 19.8 Å². The van der Waals surface area contributed by atoms with Gasteiger partial charge in [0.05, 0.1) is 31.8 Å². The van der Waals surface area contributed by atoms with Crippen LogP contribution in [0.3, 0.4) is 0 Å². The highest BCUT2D eigenvalue weighted by atomic mass is 32.2. The third-order valence-corrected chi connectivity index (χ3v) is 5.12. The molecule has 1 aromatic carbocycles. The first-order valence-electron chi connectivity index (χ1n) is 8.51. The summed E-state index contributed by atoms with van der Waals surface area (Å²) in [6.45, 7) is 0. The van der Waals surface area contributed by atoms with E-state index in [1.807, 2.05) is 0 Å². The molecule has 1 N–H and O–H groups in total. The van der Waals surface area contributed by atoms with E-state index >= 15 is 0 Å². The maximum absolute atomic E-state index is 12.8. The van der Waals surface area contributed by atoms with E-state index in [0.717, 1.165) is 11.8 Å². The van der Waals surface area contributed by atoms with E-state index < -0.39 is 0 Å². The van der Waals surface area contributed by atoms with Gasteiger partial charge in [-0.2, -0.15) is 5.10 Å². The smallest absolute Gasteiger partial charge is 0.290 e. The van der Waals surface area contributed by atoms with E-state index in [2.05, 4.69) is 15.3 Å². The maximum Gasteiger partial charge on any atom is 0.290 e. The highest BCUT2D eigenvalue weighted by Crippen LogP contribution is 2.27. The number of aromatic nitrogens is 4. The normalized spacial score (nSPS) is 11.0. The number of hydrogen-bond donors (Lipinski definition) is 1. The van der Waals surface area contributed by atoms with Crippen LogP contribution in [0, 0.1) is 0 Å². The van der Waals surface area contributed by atoms with Crippen molar-refractivity contribution in [1.29, 1.82) is 0 Å². The molecule has 0 aliphatic heterocycles. The molecule has 0 spiro atoms.